The number of rotatable bonds is 5. The molecular weight excluding hydrogens is 340 g/mol. The van der Waals surface area contributed by atoms with E-state index in [4.69, 9.17) is 21.7 Å². The van der Waals surface area contributed by atoms with Crippen molar-refractivity contribution in [3.63, 3.8) is 0 Å². The van der Waals surface area contributed by atoms with E-state index in [2.05, 4.69) is 15.1 Å². The van der Waals surface area contributed by atoms with E-state index in [1.54, 1.807) is 0 Å². The third-order valence-electron chi connectivity index (χ3n) is 4.27. The fourth-order valence-electron chi connectivity index (χ4n) is 2.90. The number of hydrogen-bond donors (Lipinski definition) is 2. The zero-order valence-corrected chi connectivity index (χ0v) is 14.6. The molecule has 2 N–H and O–H groups in total. The van der Waals surface area contributed by atoms with E-state index in [1.165, 1.54) is 0 Å². The summed E-state index contributed by atoms with van der Waals surface area (Å²) in [5, 5.41) is 11.7. The van der Waals surface area contributed by atoms with E-state index < -0.39 is 6.09 Å². The zero-order valence-electron chi connectivity index (χ0n) is 13.9. The second kappa shape index (κ2) is 8.18. The molecule has 1 aliphatic rings. The van der Waals surface area contributed by atoms with Gasteiger partial charge in [-0.2, -0.15) is 0 Å². The zero-order chi connectivity index (χ0) is 17.6. The summed E-state index contributed by atoms with van der Waals surface area (Å²) in [4.78, 5) is 19.8. The molecule has 2 heterocycles. The van der Waals surface area contributed by atoms with Crippen LogP contribution < -0.4 is 10.2 Å². The molecule has 0 unspecified atom stereocenters. The topological polar surface area (TPSA) is 68.7 Å². The Kier molecular flexibility index (Phi) is 5.73. The lowest BCUT2D eigenvalue weighted by Gasteiger charge is -2.35. The maximum Gasteiger partial charge on any atom is 0.404 e. The molecule has 2 aromatic rings. The van der Waals surface area contributed by atoms with Gasteiger partial charge >= 0.3 is 6.09 Å². The average Bonchev–Trinajstić information content (AvgIpc) is 2.63. The smallest absolute Gasteiger partial charge is 0.404 e. The number of halogens is 1. The molecule has 132 valence electrons. The van der Waals surface area contributed by atoms with Crippen LogP contribution >= 0.6 is 11.6 Å². The molecule has 1 aliphatic heterocycles. The number of piperazine rings is 1. The highest BCUT2D eigenvalue weighted by molar-refractivity contribution is 6.30. The lowest BCUT2D eigenvalue weighted by Crippen LogP contribution is -2.48. The summed E-state index contributed by atoms with van der Waals surface area (Å²) in [6.45, 7) is 4.74. The van der Waals surface area contributed by atoms with Gasteiger partial charge in [-0.3, -0.25) is 4.90 Å². The van der Waals surface area contributed by atoms with Gasteiger partial charge in [0.15, 0.2) is 0 Å². The Bertz CT molecular complexity index is 715. The Balaban J connectivity index is 1.59. The molecule has 1 aromatic carbocycles. The fourth-order valence-corrected chi connectivity index (χ4v) is 3.03. The SMILES string of the molecule is O=C(O)NCCN1CCN(c2cccc(-c3ccc(Cl)cc3)n2)CC1. The van der Waals surface area contributed by atoms with Crippen molar-refractivity contribution in [1.29, 1.82) is 0 Å². The highest BCUT2D eigenvalue weighted by Crippen LogP contribution is 2.23. The van der Waals surface area contributed by atoms with Crippen molar-refractivity contribution in [3.05, 3.63) is 47.5 Å². The van der Waals surface area contributed by atoms with Crippen molar-refractivity contribution in [2.75, 3.05) is 44.2 Å². The minimum atomic E-state index is -0.971. The van der Waals surface area contributed by atoms with E-state index in [-0.39, 0.29) is 0 Å². The Labute approximate surface area is 152 Å². The van der Waals surface area contributed by atoms with Crippen molar-refractivity contribution < 1.29 is 9.90 Å². The van der Waals surface area contributed by atoms with Gasteiger partial charge in [-0.15, -0.1) is 0 Å². The van der Waals surface area contributed by atoms with E-state index in [0.29, 0.717) is 11.6 Å². The van der Waals surface area contributed by atoms with Crippen LogP contribution in [0.25, 0.3) is 11.3 Å². The predicted molar refractivity (Wildman–Crippen MR) is 99.4 cm³/mol. The van der Waals surface area contributed by atoms with Crippen LogP contribution in [0.1, 0.15) is 0 Å². The van der Waals surface area contributed by atoms with Crippen LogP contribution in [0.5, 0.6) is 0 Å². The van der Waals surface area contributed by atoms with Crippen LogP contribution in [-0.4, -0.2) is 60.4 Å². The number of benzene rings is 1. The Morgan fingerprint density at radius 1 is 1.12 bits per heavy atom. The van der Waals surface area contributed by atoms with Gasteiger partial charge in [-0.05, 0) is 24.3 Å². The van der Waals surface area contributed by atoms with E-state index >= 15 is 0 Å². The highest BCUT2D eigenvalue weighted by atomic mass is 35.5. The van der Waals surface area contributed by atoms with Crippen LogP contribution in [0.3, 0.4) is 0 Å². The Morgan fingerprint density at radius 2 is 1.84 bits per heavy atom. The fraction of sp³-hybridized carbons (Fsp3) is 0.333. The molecule has 3 rings (SSSR count). The first kappa shape index (κ1) is 17.5. The van der Waals surface area contributed by atoms with Crippen molar-refractivity contribution in [3.8, 4) is 11.3 Å². The molecule has 6 nitrogen and oxygen atoms in total. The number of carbonyl (C=O) groups is 1. The lowest BCUT2D eigenvalue weighted by atomic mass is 10.1. The van der Waals surface area contributed by atoms with Gasteiger partial charge in [-0.25, -0.2) is 9.78 Å². The second-order valence-corrected chi connectivity index (χ2v) is 6.38. The van der Waals surface area contributed by atoms with Gasteiger partial charge in [0, 0.05) is 49.9 Å². The molecule has 0 atom stereocenters. The van der Waals surface area contributed by atoms with Gasteiger partial charge in [0.2, 0.25) is 0 Å². The quantitative estimate of drug-likeness (QED) is 0.858. The molecule has 1 amide bonds. The summed E-state index contributed by atoms with van der Waals surface area (Å²) in [5.74, 6) is 0.968. The number of anilines is 1. The van der Waals surface area contributed by atoms with Crippen LogP contribution in [0.15, 0.2) is 42.5 Å². The number of nitrogens with one attached hydrogen (secondary N) is 1. The summed E-state index contributed by atoms with van der Waals surface area (Å²) in [6.07, 6.45) is -0.971. The normalized spacial score (nSPS) is 15.2. The number of amides is 1. The first-order chi connectivity index (χ1) is 12.1. The molecule has 1 saturated heterocycles. The first-order valence-corrected chi connectivity index (χ1v) is 8.67. The van der Waals surface area contributed by atoms with Crippen LogP contribution in [0, 0.1) is 0 Å². The summed E-state index contributed by atoms with van der Waals surface area (Å²) in [5.41, 5.74) is 1.98. The number of pyridine rings is 1. The van der Waals surface area contributed by atoms with Gasteiger partial charge in [0.1, 0.15) is 5.82 Å². The van der Waals surface area contributed by atoms with Gasteiger partial charge in [0.05, 0.1) is 5.69 Å². The monoisotopic (exact) mass is 360 g/mol. The number of aromatic nitrogens is 1. The Hall–Kier alpha value is -2.31. The van der Waals surface area contributed by atoms with Crippen molar-refractivity contribution in [2.45, 2.75) is 0 Å². The molecule has 0 bridgehead atoms. The number of carboxylic acid groups (broad SMARTS) is 1. The number of hydrogen-bond acceptors (Lipinski definition) is 4. The van der Waals surface area contributed by atoms with E-state index in [0.717, 1.165) is 49.8 Å². The van der Waals surface area contributed by atoms with Crippen molar-refractivity contribution >= 4 is 23.5 Å². The third kappa shape index (κ3) is 4.84. The van der Waals surface area contributed by atoms with Crippen molar-refractivity contribution in [2.24, 2.45) is 0 Å². The highest BCUT2D eigenvalue weighted by Gasteiger charge is 2.18. The van der Waals surface area contributed by atoms with Crippen LogP contribution in [0.4, 0.5) is 10.6 Å². The molecule has 0 spiro atoms. The molecule has 1 fully saturated rings. The molecular formula is C18H21ClN4O2. The minimum Gasteiger partial charge on any atom is -0.465 e. The predicted octanol–water partition coefficient (Wildman–Crippen LogP) is 2.79. The lowest BCUT2D eigenvalue weighted by molar-refractivity contribution is 0.190. The third-order valence-corrected chi connectivity index (χ3v) is 4.53. The molecule has 0 saturated carbocycles. The summed E-state index contributed by atoms with van der Waals surface area (Å²) in [7, 11) is 0. The number of nitrogens with zero attached hydrogens (tertiary/aromatic N) is 3. The van der Waals surface area contributed by atoms with E-state index in [9.17, 15) is 4.79 Å². The minimum absolute atomic E-state index is 0.458. The summed E-state index contributed by atoms with van der Waals surface area (Å²) < 4.78 is 0. The molecule has 25 heavy (non-hydrogen) atoms. The molecule has 0 aliphatic carbocycles. The van der Waals surface area contributed by atoms with Crippen LogP contribution in [-0.2, 0) is 0 Å². The molecule has 7 heteroatoms. The first-order valence-electron chi connectivity index (χ1n) is 8.29. The maximum atomic E-state index is 10.5. The summed E-state index contributed by atoms with van der Waals surface area (Å²) in [6, 6.07) is 13.7. The molecule has 1 aromatic heterocycles. The van der Waals surface area contributed by atoms with Crippen LogP contribution in [0.2, 0.25) is 5.02 Å². The standard InChI is InChI=1S/C18H21ClN4O2/c19-15-6-4-14(5-7-15)16-2-1-3-17(21-16)23-12-10-22(11-13-23)9-8-20-18(24)25/h1-7,20H,8-13H2,(H,24,25). The maximum absolute atomic E-state index is 10.5. The van der Waals surface area contributed by atoms with Crippen molar-refractivity contribution in [1.82, 2.24) is 15.2 Å². The van der Waals surface area contributed by atoms with Gasteiger partial charge in [0.25, 0.3) is 0 Å². The average molecular weight is 361 g/mol. The van der Waals surface area contributed by atoms with E-state index in [1.807, 2.05) is 42.5 Å². The molecule has 0 radical (unpaired) electrons. The van der Waals surface area contributed by atoms with Gasteiger partial charge < -0.3 is 15.3 Å². The summed E-state index contributed by atoms with van der Waals surface area (Å²) >= 11 is 5.95. The largest absolute Gasteiger partial charge is 0.465 e. The second-order valence-electron chi connectivity index (χ2n) is 5.95. The Morgan fingerprint density at radius 3 is 2.52 bits per heavy atom. The van der Waals surface area contributed by atoms with Gasteiger partial charge in [-0.1, -0.05) is 29.8 Å².